The Morgan fingerprint density at radius 2 is 2.27 bits per heavy atom. The number of aryl methyl sites for hydroxylation is 1. The molecule has 1 aliphatic heterocycles. The molecule has 0 aliphatic carbocycles. The number of hydrogen-bond donors (Lipinski definition) is 0. The van der Waals surface area contributed by atoms with Gasteiger partial charge in [0.05, 0.1) is 6.04 Å². The fraction of sp³-hybridized carbons (Fsp3) is 0.538. The molecule has 82 valence electrons. The maximum atomic E-state index is 5.75. The first-order valence-corrected chi connectivity index (χ1v) is 5.62. The SMILES string of the molecule is Cc1cccc(OC[C@@H]2CN2C(C)C)c1. The summed E-state index contributed by atoms with van der Waals surface area (Å²) < 4.78 is 5.75. The molecule has 1 aromatic carbocycles. The maximum absolute atomic E-state index is 5.75. The van der Waals surface area contributed by atoms with Crippen LogP contribution < -0.4 is 4.74 Å². The molecule has 0 aromatic heterocycles. The molecule has 2 rings (SSSR count). The van der Waals surface area contributed by atoms with Gasteiger partial charge in [0.2, 0.25) is 0 Å². The van der Waals surface area contributed by atoms with Gasteiger partial charge in [0.15, 0.2) is 0 Å². The molecule has 0 amide bonds. The van der Waals surface area contributed by atoms with Gasteiger partial charge in [0.25, 0.3) is 0 Å². The van der Waals surface area contributed by atoms with Gasteiger partial charge in [-0.25, -0.2) is 0 Å². The Hall–Kier alpha value is -1.02. The van der Waals surface area contributed by atoms with E-state index in [9.17, 15) is 0 Å². The minimum absolute atomic E-state index is 0.630. The van der Waals surface area contributed by atoms with Gasteiger partial charge in [-0.1, -0.05) is 12.1 Å². The van der Waals surface area contributed by atoms with Crippen molar-refractivity contribution in [2.24, 2.45) is 0 Å². The predicted molar refractivity (Wildman–Crippen MR) is 62.3 cm³/mol. The summed E-state index contributed by atoms with van der Waals surface area (Å²) in [7, 11) is 0. The summed E-state index contributed by atoms with van der Waals surface area (Å²) in [5, 5.41) is 0. The van der Waals surface area contributed by atoms with E-state index in [1.54, 1.807) is 0 Å². The molecule has 1 unspecified atom stereocenters. The van der Waals surface area contributed by atoms with E-state index in [4.69, 9.17) is 4.74 Å². The van der Waals surface area contributed by atoms with Gasteiger partial charge < -0.3 is 4.74 Å². The summed E-state index contributed by atoms with van der Waals surface area (Å²) in [5.41, 5.74) is 1.25. The third kappa shape index (κ3) is 2.72. The van der Waals surface area contributed by atoms with E-state index in [1.165, 1.54) is 12.1 Å². The summed E-state index contributed by atoms with van der Waals surface area (Å²) in [4.78, 5) is 2.44. The lowest BCUT2D eigenvalue weighted by Gasteiger charge is -2.09. The summed E-state index contributed by atoms with van der Waals surface area (Å²) in [6, 6.07) is 9.51. The van der Waals surface area contributed by atoms with Gasteiger partial charge in [-0.2, -0.15) is 0 Å². The smallest absolute Gasteiger partial charge is 0.119 e. The molecule has 1 aromatic rings. The minimum atomic E-state index is 0.630. The van der Waals surface area contributed by atoms with E-state index in [0.29, 0.717) is 12.1 Å². The number of benzene rings is 1. The van der Waals surface area contributed by atoms with Crippen molar-refractivity contribution >= 4 is 0 Å². The van der Waals surface area contributed by atoms with Gasteiger partial charge >= 0.3 is 0 Å². The number of hydrogen-bond acceptors (Lipinski definition) is 2. The van der Waals surface area contributed by atoms with Crippen molar-refractivity contribution in [2.75, 3.05) is 13.2 Å². The van der Waals surface area contributed by atoms with Crippen molar-refractivity contribution in [3.05, 3.63) is 29.8 Å². The van der Waals surface area contributed by atoms with Crippen molar-refractivity contribution in [1.29, 1.82) is 0 Å². The molecular weight excluding hydrogens is 186 g/mol. The van der Waals surface area contributed by atoms with Gasteiger partial charge in [-0.3, -0.25) is 4.90 Å². The lowest BCUT2D eigenvalue weighted by atomic mass is 10.2. The number of nitrogens with zero attached hydrogens (tertiary/aromatic N) is 1. The van der Waals surface area contributed by atoms with Crippen molar-refractivity contribution < 1.29 is 4.74 Å². The number of ether oxygens (including phenoxy) is 1. The molecule has 2 heteroatoms. The van der Waals surface area contributed by atoms with Crippen LogP contribution >= 0.6 is 0 Å². The van der Waals surface area contributed by atoms with E-state index < -0.39 is 0 Å². The highest BCUT2D eigenvalue weighted by molar-refractivity contribution is 5.27. The summed E-state index contributed by atoms with van der Waals surface area (Å²) >= 11 is 0. The molecule has 0 spiro atoms. The van der Waals surface area contributed by atoms with Crippen LogP contribution in [-0.4, -0.2) is 30.1 Å². The molecule has 2 atom stereocenters. The molecule has 0 radical (unpaired) electrons. The van der Waals surface area contributed by atoms with Crippen LogP contribution in [0.5, 0.6) is 5.75 Å². The third-order valence-electron chi connectivity index (χ3n) is 2.85. The highest BCUT2D eigenvalue weighted by Crippen LogP contribution is 2.22. The molecule has 0 bridgehead atoms. The topological polar surface area (TPSA) is 12.2 Å². The Bertz CT molecular complexity index is 335. The van der Waals surface area contributed by atoms with Gasteiger partial charge in [0, 0.05) is 12.6 Å². The van der Waals surface area contributed by atoms with Crippen molar-refractivity contribution in [3.8, 4) is 5.75 Å². The van der Waals surface area contributed by atoms with Crippen LogP contribution in [0.25, 0.3) is 0 Å². The molecule has 1 saturated heterocycles. The van der Waals surface area contributed by atoms with Crippen LogP contribution in [0.1, 0.15) is 19.4 Å². The zero-order valence-electron chi connectivity index (χ0n) is 9.73. The average molecular weight is 205 g/mol. The monoisotopic (exact) mass is 205 g/mol. The Morgan fingerprint density at radius 1 is 1.47 bits per heavy atom. The minimum Gasteiger partial charge on any atom is -0.492 e. The van der Waals surface area contributed by atoms with E-state index in [-0.39, 0.29) is 0 Å². The zero-order valence-corrected chi connectivity index (χ0v) is 9.73. The molecular formula is C13H19NO. The molecule has 0 N–H and O–H groups in total. The van der Waals surface area contributed by atoms with Crippen molar-refractivity contribution in [2.45, 2.75) is 32.9 Å². The first-order valence-electron chi connectivity index (χ1n) is 5.62. The highest BCUT2D eigenvalue weighted by Gasteiger charge is 2.36. The van der Waals surface area contributed by atoms with E-state index in [2.05, 4.69) is 37.8 Å². The normalized spacial score (nSPS) is 24.3. The van der Waals surface area contributed by atoms with Gasteiger partial charge in [0.1, 0.15) is 12.4 Å². The molecule has 2 nitrogen and oxygen atoms in total. The fourth-order valence-electron chi connectivity index (χ4n) is 1.87. The predicted octanol–water partition coefficient (Wildman–Crippen LogP) is 2.47. The largest absolute Gasteiger partial charge is 0.492 e. The summed E-state index contributed by atoms with van der Waals surface area (Å²) in [5.74, 6) is 0.991. The van der Waals surface area contributed by atoms with Crippen molar-refractivity contribution in [3.63, 3.8) is 0 Å². The van der Waals surface area contributed by atoms with E-state index in [0.717, 1.165) is 12.4 Å². The summed E-state index contributed by atoms with van der Waals surface area (Å²) in [6.07, 6.45) is 0. The fourth-order valence-corrected chi connectivity index (χ4v) is 1.87. The maximum Gasteiger partial charge on any atom is 0.119 e. The average Bonchev–Trinajstić information content (AvgIpc) is 2.94. The lowest BCUT2D eigenvalue weighted by molar-refractivity contribution is 0.282. The van der Waals surface area contributed by atoms with Crippen LogP contribution in [0.15, 0.2) is 24.3 Å². The molecule has 1 heterocycles. The Morgan fingerprint density at radius 3 is 2.87 bits per heavy atom. The quantitative estimate of drug-likeness (QED) is 0.700. The first kappa shape index (κ1) is 10.5. The Labute approximate surface area is 91.9 Å². The van der Waals surface area contributed by atoms with Crippen LogP contribution in [0.2, 0.25) is 0 Å². The number of rotatable bonds is 4. The second-order valence-electron chi connectivity index (χ2n) is 4.57. The Kier molecular flexibility index (Phi) is 2.96. The van der Waals surface area contributed by atoms with E-state index >= 15 is 0 Å². The van der Waals surface area contributed by atoms with Gasteiger partial charge in [-0.05, 0) is 38.5 Å². The van der Waals surface area contributed by atoms with Crippen LogP contribution in [-0.2, 0) is 0 Å². The summed E-state index contributed by atoms with van der Waals surface area (Å²) in [6.45, 7) is 8.55. The molecule has 1 fully saturated rings. The highest BCUT2D eigenvalue weighted by atomic mass is 16.5. The molecule has 0 saturated carbocycles. The van der Waals surface area contributed by atoms with Crippen LogP contribution in [0.4, 0.5) is 0 Å². The van der Waals surface area contributed by atoms with E-state index in [1.807, 2.05) is 12.1 Å². The van der Waals surface area contributed by atoms with Crippen LogP contribution in [0.3, 0.4) is 0 Å². The molecule has 1 aliphatic rings. The first-order chi connectivity index (χ1) is 7.16. The molecule has 15 heavy (non-hydrogen) atoms. The lowest BCUT2D eigenvalue weighted by Crippen LogP contribution is -2.16. The third-order valence-corrected chi connectivity index (χ3v) is 2.85. The second kappa shape index (κ2) is 4.23. The second-order valence-corrected chi connectivity index (χ2v) is 4.57. The van der Waals surface area contributed by atoms with Gasteiger partial charge in [-0.15, -0.1) is 0 Å². The van der Waals surface area contributed by atoms with Crippen LogP contribution in [0, 0.1) is 6.92 Å². The zero-order chi connectivity index (χ0) is 10.8. The Balaban J connectivity index is 1.80. The standard InChI is InChI=1S/C13H19NO/c1-10(2)14-8-12(14)9-15-13-6-4-5-11(3)7-13/h4-7,10,12H,8-9H2,1-3H3/t12-,14?/m0/s1. The van der Waals surface area contributed by atoms with Crippen molar-refractivity contribution in [1.82, 2.24) is 4.90 Å².